The molecule has 1 aliphatic rings. The molecule has 2 heterocycles. The Bertz CT molecular complexity index is 946. The highest BCUT2D eigenvalue weighted by molar-refractivity contribution is 5.96. The molecule has 0 unspecified atom stereocenters. The van der Waals surface area contributed by atoms with E-state index < -0.39 is 0 Å². The van der Waals surface area contributed by atoms with E-state index in [1.807, 2.05) is 6.07 Å². The summed E-state index contributed by atoms with van der Waals surface area (Å²) in [4.78, 5) is 19.1. The molecule has 3 aromatic rings. The van der Waals surface area contributed by atoms with Crippen molar-refractivity contribution in [2.45, 2.75) is 33.2 Å². The van der Waals surface area contributed by atoms with E-state index in [2.05, 4.69) is 46.4 Å². The number of piperidine rings is 1. The lowest BCUT2D eigenvalue weighted by atomic mass is 9.99. The summed E-state index contributed by atoms with van der Waals surface area (Å²) in [7, 11) is 0. The number of oxazole rings is 1. The predicted octanol–water partition coefficient (Wildman–Crippen LogP) is 4.30. The van der Waals surface area contributed by atoms with Crippen LogP contribution >= 0.6 is 0 Å². The molecule has 1 N–H and O–H groups in total. The van der Waals surface area contributed by atoms with Gasteiger partial charge in [0.25, 0.3) is 5.91 Å². The summed E-state index contributed by atoms with van der Waals surface area (Å²) in [6.07, 6.45) is 2.58. The van der Waals surface area contributed by atoms with Gasteiger partial charge in [-0.15, -0.1) is 0 Å². The molecule has 5 nitrogen and oxygen atoms in total. The van der Waals surface area contributed by atoms with Crippen molar-refractivity contribution >= 4 is 22.7 Å². The Labute approximate surface area is 159 Å². The van der Waals surface area contributed by atoms with Gasteiger partial charge in [0.05, 0.1) is 0 Å². The van der Waals surface area contributed by atoms with Gasteiger partial charge in [0.15, 0.2) is 11.5 Å². The number of aromatic nitrogens is 1. The molecule has 2 aromatic carbocycles. The zero-order valence-corrected chi connectivity index (χ0v) is 15.9. The van der Waals surface area contributed by atoms with E-state index in [0.717, 1.165) is 30.1 Å². The topological polar surface area (TPSA) is 58.4 Å². The average molecular weight is 363 g/mol. The van der Waals surface area contributed by atoms with Gasteiger partial charge in [0.1, 0.15) is 5.52 Å². The fraction of sp³-hybridized carbons (Fsp3) is 0.364. The van der Waals surface area contributed by atoms with Crippen molar-refractivity contribution in [1.29, 1.82) is 0 Å². The quantitative estimate of drug-likeness (QED) is 0.751. The van der Waals surface area contributed by atoms with Crippen LogP contribution in [0.1, 0.15) is 41.6 Å². The van der Waals surface area contributed by atoms with Gasteiger partial charge in [0.2, 0.25) is 0 Å². The Kier molecular flexibility index (Phi) is 4.84. The first-order chi connectivity index (χ1) is 13.1. The van der Waals surface area contributed by atoms with Crippen molar-refractivity contribution < 1.29 is 9.21 Å². The second-order valence-electron chi connectivity index (χ2n) is 7.46. The van der Waals surface area contributed by atoms with Crippen LogP contribution < -0.4 is 10.2 Å². The predicted molar refractivity (Wildman–Crippen MR) is 107 cm³/mol. The van der Waals surface area contributed by atoms with Gasteiger partial charge in [-0.25, -0.2) is 4.98 Å². The molecule has 1 aliphatic heterocycles. The molecular formula is C22H25N3O2. The lowest BCUT2D eigenvalue weighted by Gasteiger charge is -2.32. The summed E-state index contributed by atoms with van der Waals surface area (Å²) in [6, 6.07) is 13.8. The molecule has 0 saturated carbocycles. The van der Waals surface area contributed by atoms with Crippen LogP contribution in [0.5, 0.6) is 0 Å². The summed E-state index contributed by atoms with van der Waals surface area (Å²) in [5.74, 6) is 1.24. The normalized spacial score (nSPS) is 17.3. The van der Waals surface area contributed by atoms with E-state index in [4.69, 9.17) is 4.42 Å². The molecular weight excluding hydrogens is 338 g/mol. The standard InChI is InChI=1S/C22H25N3O2/c1-15-4-3-11-25(14-15)19-8-5-17(6-9-19)13-23-22(26)18-7-10-20-21(12-18)27-16(2)24-20/h5-10,12,15H,3-4,11,13-14H2,1-2H3,(H,23,26)/t15-/m0/s1. The first-order valence-corrected chi connectivity index (χ1v) is 9.58. The highest BCUT2D eigenvalue weighted by atomic mass is 16.3. The first kappa shape index (κ1) is 17.6. The molecule has 4 rings (SSSR count). The Morgan fingerprint density at radius 2 is 2.07 bits per heavy atom. The third-order valence-electron chi connectivity index (χ3n) is 5.17. The number of rotatable bonds is 4. The van der Waals surface area contributed by atoms with Crippen LogP contribution in [-0.4, -0.2) is 24.0 Å². The number of amides is 1. The van der Waals surface area contributed by atoms with Crippen LogP contribution in [0.15, 0.2) is 46.9 Å². The number of fused-ring (bicyclic) bond motifs is 1. The van der Waals surface area contributed by atoms with Crippen molar-refractivity contribution in [1.82, 2.24) is 10.3 Å². The number of hydrogen-bond acceptors (Lipinski definition) is 4. The number of nitrogens with one attached hydrogen (secondary N) is 1. The van der Waals surface area contributed by atoms with Gasteiger partial charge in [-0.3, -0.25) is 4.79 Å². The first-order valence-electron chi connectivity index (χ1n) is 9.58. The number of carbonyl (C=O) groups excluding carboxylic acids is 1. The minimum atomic E-state index is -0.111. The summed E-state index contributed by atoms with van der Waals surface area (Å²) in [5.41, 5.74) is 4.35. The molecule has 27 heavy (non-hydrogen) atoms. The summed E-state index contributed by atoms with van der Waals surface area (Å²) < 4.78 is 5.50. The van der Waals surface area contributed by atoms with Gasteiger partial charge in [0, 0.05) is 37.8 Å². The van der Waals surface area contributed by atoms with Crippen LogP contribution in [0.25, 0.3) is 11.1 Å². The summed E-state index contributed by atoms with van der Waals surface area (Å²) >= 11 is 0. The number of aryl methyl sites for hydroxylation is 1. The maximum Gasteiger partial charge on any atom is 0.251 e. The van der Waals surface area contributed by atoms with Gasteiger partial charge < -0.3 is 14.6 Å². The number of anilines is 1. The van der Waals surface area contributed by atoms with Crippen molar-refractivity contribution in [3.63, 3.8) is 0 Å². The third kappa shape index (κ3) is 3.97. The number of carbonyl (C=O) groups is 1. The zero-order valence-electron chi connectivity index (χ0n) is 15.9. The van der Waals surface area contributed by atoms with Crippen molar-refractivity contribution in [2.75, 3.05) is 18.0 Å². The Hall–Kier alpha value is -2.82. The highest BCUT2D eigenvalue weighted by Gasteiger charge is 2.16. The summed E-state index contributed by atoms with van der Waals surface area (Å²) in [5, 5.41) is 2.98. The molecule has 1 saturated heterocycles. The maximum absolute atomic E-state index is 12.4. The third-order valence-corrected chi connectivity index (χ3v) is 5.17. The Morgan fingerprint density at radius 3 is 2.85 bits per heavy atom. The van der Waals surface area contributed by atoms with Crippen molar-refractivity contribution in [3.8, 4) is 0 Å². The number of benzene rings is 2. The fourth-order valence-corrected chi connectivity index (χ4v) is 3.71. The van der Waals surface area contributed by atoms with Crippen molar-refractivity contribution in [3.05, 3.63) is 59.5 Å². The van der Waals surface area contributed by atoms with Crippen molar-refractivity contribution in [2.24, 2.45) is 5.92 Å². The molecule has 1 amide bonds. The molecule has 1 fully saturated rings. The second-order valence-corrected chi connectivity index (χ2v) is 7.46. The smallest absolute Gasteiger partial charge is 0.251 e. The highest BCUT2D eigenvalue weighted by Crippen LogP contribution is 2.23. The molecule has 0 spiro atoms. The molecule has 0 radical (unpaired) electrons. The summed E-state index contributed by atoms with van der Waals surface area (Å²) in [6.45, 7) is 6.87. The van der Waals surface area contributed by atoms with Crippen LogP contribution in [0, 0.1) is 12.8 Å². The van der Waals surface area contributed by atoms with E-state index in [1.54, 1.807) is 19.1 Å². The van der Waals surface area contributed by atoms with Crippen LogP contribution in [0.4, 0.5) is 5.69 Å². The lowest BCUT2D eigenvalue weighted by Crippen LogP contribution is -2.34. The maximum atomic E-state index is 12.4. The van der Waals surface area contributed by atoms with Gasteiger partial charge in [-0.05, 0) is 54.7 Å². The van der Waals surface area contributed by atoms with Gasteiger partial charge >= 0.3 is 0 Å². The SMILES string of the molecule is Cc1nc2ccc(C(=O)NCc3ccc(N4CCC[C@H](C)C4)cc3)cc2o1. The molecule has 0 bridgehead atoms. The van der Waals surface area contributed by atoms with E-state index in [-0.39, 0.29) is 5.91 Å². The van der Waals surface area contributed by atoms with Gasteiger partial charge in [-0.1, -0.05) is 19.1 Å². The van der Waals surface area contributed by atoms with E-state index >= 15 is 0 Å². The Morgan fingerprint density at radius 1 is 1.26 bits per heavy atom. The van der Waals surface area contributed by atoms with Crippen LogP contribution in [0.3, 0.4) is 0 Å². The van der Waals surface area contributed by atoms with E-state index in [0.29, 0.717) is 23.6 Å². The lowest BCUT2D eigenvalue weighted by molar-refractivity contribution is 0.0951. The largest absolute Gasteiger partial charge is 0.441 e. The molecule has 0 aliphatic carbocycles. The van der Waals surface area contributed by atoms with Gasteiger partial charge in [-0.2, -0.15) is 0 Å². The minimum absolute atomic E-state index is 0.111. The minimum Gasteiger partial charge on any atom is -0.441 e. The zero-order chi connectivity index (χ0) is 18.8. The number of nitrogens with zero attached hydrogens (tertiary/aromatic N) is 2. The molecule has 140 valence electrons. The molecule has 5 heteroatoms. The molecule has 1 atom stereocenters. The monoisotopic (exact) mass is 363 g/mol. The average Bonchev–Trinajstić information content (AvgIpc) is 3.05. The van der Waals surface area contributed by atoms with Crippen LogP contribution in [-0.2, 0) is 6.54 Å². The van der Waals surface area contributed by atoms with E-state index in [9.17, 15) is 4.79 Å². The number of hydrogen-bond donors (Lipinski definition) is 1. The van der Waals surface area contributed by atoms with E-state index in [1.165, 1.54) is 18.5 Å². The fourth-order valence-electron chi connectivity index (χ4n) is 3.71. The van der Waals surface area contributed by atoms with Crippen LogP contribution in [0.2, 0.25) is 0 Å². The second kappa shape index (κ2) is 7.43. The Balaban J connectivity index is 1.38. The molecule has 1 aromatic heterocycles.